The third-order valence-electron chi connectivity index (χ3n) is 1.94. The highest BCUT2D eigenvalue weighted by Gasteiger charge is 2.15. The van der Waals surface area contributed by atoms with E-state index in [2.05, 4.69) is 10.6 Å². The van der Waals surface area contributed by atoms with Crippen LogP contribution in [-0.4, -0.2) is 36.0 Å². The quantitative estimate of drug-likeness (QED) is 0.710. The van der Waals surface area contributed by atoms with Crippen LogP contribution in [0.3, 0.4) is 0 Å². The molecular formula is C8H15ClN2OS. The van der Waals surface area contributed by atoms with E-state index in [9.17, 15) is 4.79 Å². The molecule has 0 saturated carbocycles. The smallest absolute Gasteiger partial charge is 0.315 e. The summed E-state index contributed by atoms with van der Waals surface area (Å²) in [6.07, 6.45) is 2.16. The number of thioether (sulfide) groups is 1. The molecule has 2 amide bonds. The zero-order valence-electron chi connectivity index (χ0n) is 7.51. The van der Waals surface area contributed by atoms with Crippen LogP contribution in [0.2, 0.25) is 0 Å². The lowest BCUT2D eigenvalue weighted by molar-refractivity contribution is 0.236. The lowest BCUT2D eigenvalue weighted by Crippen LogP contribution is -2.44. The second-order valence-electron chi connectivity index (χ2n) is 2.98. The van der Waals surface area contributed by atoms with Gasteiger partial charge < -0.3 is 10.6 Å². The normalized spacial score (nSPS) is 18.2. The van der Waals surface area contributed by atoms with E-state index in [1.807, 2.05) is 11.8 Å². The Morgan fingerprint density at radius 2 is 2.15 bits per heavy atom. The third kappa shape index (κ3) is 4.62. The van der Waals surface area contributed by atoms with Gasteiger partial charge in [0.25, 0.3) is 0 Å². The Labute approximate surface area is 88.0 Å². The fourth-order valence-electron chi connectivity index (χ4n) is 1.24. The summed E-state index contributed by atoms with van der Waals surface area (Å²) in [5.41, 5.74) is 0. The molecule has 0 aliphatic carbocycles. The molecule has 1 saturated heterocycles. The SMILES string of the molecule is O=C(NCCCl)NC1CCSCC1. The Morgan fingerprint density at radius 1 is 1.46 bits per heavy atom. The number of alkyl halides is 1. The van der Waals surface area contributed by atoms with Crippen LogP contribution >= 0.6 is 23.4 Å². The lowest BCUT2D eigenvalue weighted by Gasteiger charge is -2.22. The minimum Gasteiger partial charge on any atom is -0.337 e. The largest absolute Gasteiger partial charge is 0.337 e. The topological polar surface area (TPSA) is 41.1 Å². The van der Waals surface area contributed by atoms with Crippen LogP contribution in [0.5, 0.6) is 0 Å². The van der Waals surface area contributed by atoms with Crippen molar-refractivity contribution in [2.45, 2.75) is 18.9 Å². The zero-order chi connectivity index (χ0) is 9.52. The Hall–Kier alpha value is -0.0900. The number of hydrogen-bond donors (Lipinski definition) is 2. The number of carbonyl (C=O) groups excluding carboxylic acids is 1. The molecule has 13 heavy (non-hydrogen) atoms. The number of carbonyl (C=O) groups is 1. The van der Waals surface area contributed by atoms with E-state index in [1.165, 1.54) is 0 Å². The third-order valence-corrected chi connectivity index (χ3v) is 3.17. The minimum absolute atomic E-state index is 0.0856. The molecule has 3 nitrogen and oxygen atoms in total. The maximum Gasteiger partial charge on any atom is 0.315 e. The molecular weight excluding hydrogens is 208 g/mol. The first kappa shape index (κ1) is 11.0. The number of amides is 2. The molecule has 1 aliphatic heterocycles. The van der Waals surface area contributed by atoms with Crippen molar-refractivity contribution in [2.24, 2.45) is 0 Å². The van der Waals surface area contributed by atoms with Gasteiger partial charge in [-0.15, -0.1) is 11.6 Å². The molecule has 2 N–H and O–H groups in total. The van der Waals surface area contributed by atoms with Gasteiger partial charge in [-0.25, -0.2) is 4.79 Å². The van der Waals surface area contributed by atoms with Crippen LogP contribution in [0, 0.1) is 0 Å². The molecule has 0 spiro atoms. The lowest BCUT2D eigenvalue weighted by atomic mass is 10.2. The van der Waals surface area contributed by atoms with Crippen LogP contribution in [-0.2, 0) is 0 Å². The number of nitrogens with one attached hydrogen (secondary N) is 2. The minimum atomic E-state index is -0.0856. The molecule has 1 heterocycles. The predicted octanol–water partition coefficient (Wildman–Crippen LogP) is 1.42. The van der Waals surface area contributed by atoms with Gasteiger partial charge in [0, 0.05) is 18.5 Å². The summed E-state index contributed by atoms with van der Waals surface area (Å²) in [7, 11) is 0. The van der Waals surface area contributed by atoms with Gasteiger partial charge in [0.05, 0.1) is 0 Å². The van der Waals surface area contributed by atoms with Gasteiger partial charge in [-0.2, -0.15) is 11.8 Å². The maximum absolute atomic E-state index is 11.2. The molecule has 0 unspecified atom stereocenters. The number of urea groups is 1. The molecule has 1 fully saturated rings. The van der Waals surface area contributed by atoms with E-state index in [-0.39, 0.29) is 6.03 Å². The molecule has 0 aromatic heterocycles. The van der Waals surface area contributed by atoms with Crippen molar-refractivity contribution in [3.05, 3.63) is 0 Å². The summed E-state index contributed by atoms with van der Waals surface area (Å²) in [5, 5.41) is 5.62. The summed E-state index contributed by atoms with van der Waals surface area (Å²) in [6, 6.07) is 0.272. The Morgan fingerprint density at radius 3 is 2.77 bits per heavy atom. The van der Waals surface area contributed by atoms with E-state index < -0.39 is 0 Å². The second-order valence-corrected chi connectivity index (χ2v) is 4.58. The van der Waals surface area contributed by atoms with E-state index in [4.69, 9.17) is 11.6 Å². The molecule has 0 aromatic carbocycles. The molecule has 0 bridgehead atoms. The first-order chi connectivity index (χ1) is 6.33. The molecule has 1 aliphatic rings. The van der Waals surface area contributed by atoms with Gasteiger partial charge in [0.15, 0.2) is 0 Å². The summed E-state index contributed by atoms with van der Waals surface area (Å²) >= 11 is 7.39. The molecule has 0 atom stereocenters. The first-order valence-corrected chi connectivity index (χ1v) is 6.20. The highest BCUT2D eigenvalue weighted by atomic mass is 35.5. The average molecular weight is 223 g/mol. The van der Waals surface area contributed by atoms with Gasteiger partial charge in [-0.05, 0) is 24.3 Å². The molecule has 0 radical (unpaired) electrons. The summed E-state index contributed by atoms with van der Waals surface area (Å²) < 4.78 is 0. The Balaban J connectivity index is 2.11. The second kappa shape index (κ2) is 6.38. The van der Waals surface area contributed by atoms with E-state index in [1.54, 1.807) is 0 Å². The fraction of sp³-hybridized carbons (Fsp3) is 0.875. The summed E-state index contributed by atoms with van der Waals surface area (Å²) in [5.74, 6) is 2.77. The van der Waals surface area contributed by atoms with Crippen LogP contribution in [0.25, 0.3) is 0 Å². The van der Waals surface area contributed by atoms with Crippen molar-refractivity contribution in [3.63, 3.8) is 0 Å². The van der Waals surface area contributed by atoms with Crippen molar-refractivity contribution in [2.75, 3.05) is 23.9 Å². The van der Waals surface area contributed by atoms with Crippen LogP contribution in [0.4, 0.5) is 4.79 Å². The highest BCUT2D eigenvalue weighted by molar-refractivity contribution is 7.99. The monoisotopic (exact) mass is 222 g/mol. The number of hydrogen-bond acceptors (Lipinski definition) is 2. The van der Waals surface area contributed by atoms with Crippen LogP contribution < -0.4 is 10.6 Å². The van der Waals surface area contributed by atoms with Crippen molar-refractivity contribution < 1.29 is 4.79 Å². The first-order valence-electron chi connectivity index (χ1n) is 4.51. The highest BCUT2D eigenvalue weighted by Crippen LogP contribution is 2.16. The summed E-state index contributed by atoms with van der Waals surface area (Å²) in [4.78, 5) is 11.2. The van der Waals surface area contributed by atoms with Gasteiger partial charge in [-0.3, -0.25) is 0 Å². The van der Waals surface area contributed by atoms with Crippen molar-refractivity contribution in [1.29, 1.82) is 0 Å². The van der Waals surface area contributed by atoms with E-state index in [0.717, 1.165) is 24.3 Å². The molecule has 1 rings (SSSR count). The van der Waals surface area contributed by atoms with Crippen LogP contribution in [0.15, 0.2) is 0 Å². The van der Waals surface area contributed by atoms with Crippen molar-refractivity contribution in [1.82, 2.24) is 10.6 Å². The van der Waals surface area contributed by atoms with Crippen molar-refractivity contribution in [3.8, 4) is 0 Å². The molecule has 76 valence electrons. The maximum atomic E-state index is 11.2. The van der Waals surface area contributed by atoms with Gasteiger partial charge in [0.1, 0.15) is 0 Å². The van der Waals surface area contributed by atoms with E-state index in [0.29, 0.717) is 18.5 Å². The van der Waals surface area contributed by atoms with Crippen LogP contribution in [0.1, 0.15) is 12.8 Å². The standard InChI is InChI=1S/C8H15ClN2OS/c9-3-4-10-8(12)11-7-1-5-13-6-2-7/h7H,1-6H2,(H2,10,11,12). The van der Waals surface area contributed by atoms with Gasteiger partial charge in [-0.1, -0.05) is 0 Å². The number of rotatable bonds is 3. The van der Waals surface area contributed by atoms with E-state index >= 15 is 0 Å². The molecule has 5 heteroatoms. The average Bonchev–Trinajstić information content (AvgIpc) is 2.16. The van der Waals surface area contributed by atoms with Gasteiger partial charge in [0.2, 0.25) is 0 Å². The zero-order valence-corrected chi connectivity index (χ0v) is 9.09. The Bertz CT molecular complexity index is 162. The predicted molar refractivity (Wildman–Crippen MR) is 57.6 cm³/mol. The fourth-order valence-corrected chi connectivity index (χ4v) is 2.44. The number of halogens is 1. The summed E-state index contributed by atoms with van der Waals surface area (Å²) in [6.45, 7) is 0.537. The Kier molecular flexibility index (Phi) is 5.39. The van der Waals surface area contributed by atoms with Crippen molar-refractivity contribution >= 4 is 29.4 Å². The molecule has 0 aromatic rings. The van der Waals surface area contributed by atoms with Gasteiger partial charge >= 0.3 is 6.03 Å².